The Labute approximate surface area is 96.7 Å². The largest absolute Gasteiger partial charge is 0.496 e. The van der Waals surface area contributed by atoms with Gasteiger partial charge in [-0.25, -0.2) is 23.8 Å². The Kier molecular flexibility index (Phi) is 5.92. The van der Waals surface area contributed by atoms with Gasteiger partial charge in [0.2, 0.25) is 0 Å². The fraction of sp³-hybridized carbons (Fsp3) is 0. The summed E-state index contributed by atoms with van der Waals surface area (Å²) in [4.78, 5) is 43.1. The molecule has 102 valence electrons. The third kappa shape index (κ3) is 9.83. The molecule has 13 nitrogen and oxygen atoms in total. The van der Waals surface area contributed by atoms with E-state index < -0.39 is 40.0 Å². The molecule has 0 aromatic heterocycles. The van der Waals surface area contributed by atoms with E-state index in [1.54, 1.807) is 0 Å². The van der Waals surface area contributed by atoms with Gasteiger partial charge in [0.05, 0.1) is 0 Å². The van der Waals surface area contributed by atoms with Crippen molar-refractivity contribution >= 4 is 35.7 Å². The quantitative estimate of drug-likeness (QED) is 0.161. The van der Waals surface area contributed by atoms with Crippen LogP contribution in [-0.4, -0.2) is 23.9 Å². The number of nitro groups is 1. The number of phosphoric acid groups is 3. The molecule has 17 heteroatoms. The van der Waals surface area contributed by atoms with Gasteiger partial charge >= 0.3 is 35.7 Å². The van der Waals surface area contributed by atoms with E-state index in [0.29, 0.717) is 0 Å². The van der Waals surface area contributed by atoms with Gasteiger partial charge in [0.1, 0.15) is 4.33 Å². The van der Waals surface area contributed by atoms with E-state index in [-0.39, 0.29) is 0 Å². The van der Waals surface area contributed by atoms with Crippen LogP contribution in [0.4, 0.5) is 0 Å². The molecule has 0 bridgehead atoms. The highest BCUT2D eigenvalue weighted by Gasteiger charge is 2.42. The lowest BCUT2D eigenvalue weighted by Crippen LogP contribution is -1.95. The second-order valence-corrected chi connectivity index (χ2v) is 7.17. The van der Waals surface area contributed by atoms with Crippen molar-refractivity contribution in [3.63, 3.8) is 0 Å². The Bertz CT molecular complexity index is 419. The van der Waals surface area contributed by atoms with Crippen molar-refractivity contribution in [1.29, 1.82) is 0 Å². The minimum absolute atomic E-state index is 0.801. The SMILES string of the molecule is O=[N+]([O-])SOP(=O)(O)OP(=O)(O)OP(=O)(O)O. The molecular weight excluding hydrogens is 331 g/mol. The average Bonchev–Trinajstić information content (AvgIpc) is 1.93. The molecule has 4 N–H and O–H groups in total. The lowest BCUT2D eigenvalue weighted by Gasteiger charge is -2.13. The van der Waals surface area contributed by atoms with Gasteiger partial charge in [-0.2, -0.15) is 8.62 Å². The van der Waals surface area contributed by atoms with Crippen LogP contribution in [0.15, 0.2) is 0 Å². The molecule has 0 heterocycles. The lowest BCUT2D eigenvalue weighted by atomic mass is 13.4. The third-order valence-electron chi connectivity index (χ3n) is 0.604. The summed E-state index contributed by atoms with van der Waals surface area (Å²) >= 11 is -0.801. The molecule has 0 aliphatic heterocycles. The molecule has 2 atom stereocenters. The van der Waals surface area contributed by atoms with E-state index in [1.807, 2.05) is 0 Å². The summed E-state index contributed by atoms with van der Waals surface area (Å²) < 4.78 is 40.2. The van der Waals surface area contributed by atoms with Crippen LogP contribution in [0.2, 0.25) is 0 Å². The highest BCUT2D eigenvalue weighted by Crippen LogP contribution is 2.67. The topological polar surface area (TPSA) is 203 Å². The standard InChI is InChI=1S/H4NO12P3S/c2-1(3)17-13-16(9,10)12-15(7,8)11-14(4,5)6/h(H,7,8)(H,9,10)(H2,4,5,6). The molecule has 0 aromatic rings. The monoisotopic (exact) mass is 335 g/mol. The third-order valence-corrected chi connectivity index (χ3v) is 5.07. The van der Waals surface area contributed by atoms with Gasteiger partial charge in [0, 0.05) is 0 Å². The van der Waals surface area contributed by atoms with Gasteiger partial charge < -0.3 is 19.6 Å². The number of rotatable bonds is 7. The van der Waals surface area contributed by atoms with Gasteiger partial charge in [-0.1, -0.05) is 0 Å². The van der Waals surface area contributed by atoms with Crippen molar-refractivity contribution in [2.75, 3.05) is 0 Å². The molecule has 0 radical (unpaired) electrons. The van der Waals surface area contributed by atoms with Gasteiger partial charge in [-0.15, -0.1) is 3.97 Å². The van der Waals surface area contributed by atoms with E-state index >= 15 is 0 Å². The lowest BCUT2D eigenvalue weighted by molar-refractivity contribution is -0.291. The Morgan fingerprint density at radius 3 is 1.82 bits per heavy atom. The fourth-order valence-corrected chi connectivity index (χ4v) is 3.78. The summed E-state index contributed by atoms with van der Waals surface area (Å²) in [5, 5.41) is 9.71. The highest BCUT2D eigenvalue weighted by molar-refractivity contribution is 7.92. The van der Waals surface area contributed by atoms with Crippen molar-refractivity contribution in [1.82, 2.24) is 0 Å². The predicted octanol–water partition coefficient (Wildman–Crippen LogP) is 0.170. The van der Waals surface area contributed by atoms with Gasteiger partial charge in [0.15, 0.2) is 0 Å². The second-order valence-electron chi connectivity index (χ2n) is 1.96. The number of nitrogens with zero attached hydrogens (tertiary/aromatic N) is 1. The highest BCUT2D eigenvalue weighted by atomic mass is 32.2. The van der Waals surface area contributed by atoms with Crippen LogP contribution in [-0.2, 0) is 26.3 Å². The number of hydrogen-bond acceptors (Lipinski definition) is 9. The van der Waals surface area contributed by atoms with Crippen LogP contribution in [0.5, 0.6) is 0 Å². The van der Waals surface area contributed by atoms with Crippen LogP contribution >= 0.6 is 35.7 Å². The zero-order valence-electron chi connectivity index (χ0n) is 7.25. The number of hydrogen-bond donors (Lipinski definition) is 4. The minimum atomic E-state index is -5.63. The molecule has 17 heavy (non-hydrogen) atoms. The van der Waals surface area contributed by atoms with Crippen LogP contribution in [0.3, 0.4) is 0 Å². The zero-order valence-corrected chi connectivity index (χ0v) is 10.8. The fourth-order valence-electron chi connectivity index (χ4n) is 0.363. The van der Waals surface area contributed by atoms with Gasteiger partial charge in [-0.05, 0) is 0 Å². The first kappa shape index (κ1) is 17.2. The molecule has 0 spiro atoms. The molecule has 2 unspecified atom stereocenters. The van der Waals surface area contributed by atoms with Gasteiger partial charge in [0.25, 0.3) is 0 Å². The van der Waals surface area contributed by atoms with Crippen LogP contribution in [0.25, 0.3) is 0 Å². The predicted molar refractivity (Wildman–Crippen MR) is 49.5 cm³/mol. The van der Waals surface area contributed by atoms with Crippen molar-refractivity contribution in [3.8, 4) is 0 Å². The molecule has 0 fully saturated rings. The molecule has 0 aliphatic rings. The summed E-state index contributed by atoms with van der Waals surface area (Å²) in [6.07, 6.45) is 0. The summed E-state index contributed by atoms with van der Waals surface area (Å²) in [6.45, 7) is 0. The van der Waals surface area contributed by atoms with Crippen molar-refractivity contribution in [2.45, 2.75) is 0 Å². The first-order valence-electron chi connectivity index (χ1n) is 2.97. The normalized spacial score (nSPS) is 19.3. The van der Waals surface area contributed by atoms with Crippen LogP contribution < -0.4 is 0 Å². The Hall–Kier alpha value is 0.160. The molecule has 0 saturated heterocycles. The van der Waals surface area contributed by atoms with E-state index in [0.717, 1.165) is 0 Å². The summed E-state index contributed by atoms with van der Waals surface area (Å²) in [5.74, 6) is 0. The van der Waals surface area contributed by atoms with Crippen molar-refractivity contribution in [3.05, 3.63) is 10.1 Å². The van der Waals surface area contributed by atoms with E-state index in [4.69, 9.17) is 19.6 Å². The summed E-state index contributed by atoms with van der Waals surface area (Å²) in [5.41, 5.74) is 0. The first-order chi connectivity index (χ1) is 7.33. The maximum absolute atomic E-state index is 10.7. The van der Waals surface area contributed by atoms with Crippen LogP contribution in [0, 0.1) is 10.1 Å². The smallest absolute Gasteiger partial charge is 0.302 e. The van der Waals surface area contributed by atoms with E-state index in [1.165, 1.54) is 0 Å². The van der Waals surface area contributed by atoms with Crippen molar-refractivity contribution in [2.24, 2.45) is 0 Å². The maximum atomic E-state index is 10.7. The van der Waals surface area contributed by atoms with Crippen LogP contribution in [0.1, 0.15) is 0 Å². The molecule has 0 aromatic carbocycles. The molecule has 0 aliphatic carbocycles. The molecule has 0 amide bonds. The average molecular weight is 335 g/mol. The summed E-state index contributed by atoms with van der Waals surface area (Å²) in [6, 6.07) is 0. The zero-order chi connectivity index (χ0) is 13.9. The van der Waals surface area contributed by atoms with E-state index in [2.05, 4.69) is 12.6 Å². The van der Waals surface area contributed by atoms with Crippen molar-refractivity contribution < 1.29 is 50.2 Å². The molecule has 0 rings (SSSR count). The Morgan fingerprint density at radius 2 is 1.47 bits per heavy atom. The maximum Gasteiger partial charge on any atom is 0.496 e. The van der Waals surface area contributed by atoms with Gasteiger partial charge in [-0.3, -0.25) is 0 Å². The first-order valence-corrected chi connectivity index (χ1v) is 8.19. The second kappa shape index (κ2) is 5.87. The summed E-state index contributed by atoms with van der Waals surface area (Å²) in [7, 11) is -16.5. The Morgan fingerprint density at radius 1 is 1.00 bits per heavy atom. The van der Waals surface area contributed by atoms with E-state index in [9.17, 15) is 23.8 Å². The minimum Gasteiger partial charge on any atom is -0.302 e. The Balaban J connectivity index is 4.60. The molecular formula is H4NO12P3S. The molecule has 0 saturated carbocycles.